The molecule has 0 spiro atoms. The number of oxime groups is 1. The quantitative estimate of drug-likeness (QED) is 0.0384. The molecule has 0 aromatic carbocycles. The number of nitrogens with one attached hydrogen (secondary N) is 3. The van der Waals surface area contributed by atoms with E-state index in [9.17, 15) is 24.3 Å². The smallest absolute Gasteiger partial charge is 0.352 e. The van der Waals surface area contributed by atoms with Crippen molar-refractivity contribution < 1.29 is 33.7 Å². The Morgan fingerprint density at radius 1 is 1.33 bits per heavy atom. The van der Waals surface area contributed by atoms with E-state index in [-0.39, 0.29) is 52.9 Å². The Hall–Kier alpha value is -5.81. The topological polar surface area (TPSA) is 271 Å². The van der Waals surface area contributed by atoms with Gasteiger partial charge in [-0.3, -0.25) is 24.6 Å². The Morgan fingerprint density at radius 3 is 2.74 bits per heavy atom. The summed E-state index contributed by atoms with van der Waals surface area (Å²) in [6, 6.07) is 4.15. The molecular formula is C26H25N12O6S2+. The van der Waals surface area contributed by atoms with Gasteiger partial charge in [0.15, 0.2) is 24.1 Å². The summed E-state index contributed by atoms with van der Waals surface area (Å²) in [4.78, 5) is 67.1. The molecule has 20 heteroatoms. The average Bonchev–Trinajstić information content (AvgIpc) is 3.70. The number of β-lactam (4-membered cyclic amide) rings is 1. The minimum absolute atomic E-state index is 0.0561. The number of aromatic amines is 1. The first-order valence-corrected chi connectivity index (χ1v) is 15.1. The fourth-order valence-corrected chi connectivity index (χ4v) is 6.36. The standard InChI is InChI=1S/C26H24N12O6S2/c1-2-44-35-16(19-33-26(29)46-36-19)21(40)32-17-22(41)38-18(24(42)43)14(10-45-23(17)38)9-37-5-3-12(4-6-37)13-7-15(30-8-13)20(39)34-25(28)31-11-27/h3-8,17,23H,2,9-10H2,1H3,(H7,28,29,31,32,33,34,36,39,40,42,43)/p+1. The van der Waals surface area contributed by atoms with Crippen LogP contribution < -0.4 is 26.7 Å². The number of nitrogens with two attached hydrogens (primary N) is 2. The van der Waals surface area contributed by atoms with Crippen molar-refractivity contribution >= 4 is 63.8 Å². The van der Waals surface area contributed by atoms with Crippen molar-refractivity contribution in [3.8, 4) is 17.3 Å². The van der Waals surface area contributed by atoms with Crippen molar-refractivity contribution in [1.82, 2.24) is 29.9 Å². The van der Waals surface area contributed by atoms with Crippen molar-refractivity contribution in [2.75, 3.05) is 18.1 Å². The zero-order valence-corrected chi connectivity index (χ0v) is 25.5. The maximum absolute atomic E-state index is 13.2. The molecule has 2 unspecified atom stereocenters. The number of carbonyl (C=O) groups excluding carboxylic acids is 3. The number of fused-ring (bicyclic) bond motifs is 1. The van der Waals surface area contributed by atoms with Crippen molar-refractivity contribution in [2.45, 2.75) is 24.9 Å². The molecule has 236 valence electrons. The van der Waals surface area contributed by atoms with Crippen LogP contribution in [0.2, 0.25) is 0 Å². The first-order chi connectivity index (χ1) is 22.1. The lowest BCUT2D eigenvalue weighted by Gasteiger charge is -2.49. The molecule has 2 aliphatic rings. The Bertz CT molecular complexity index is 1840. The molecule has 0 aliphatic carbocycles. The second-order valence-electron chi connectivity index (χ2n) is 9.54. The highest BCUT2D eigenvalue weighted by Crippen LogP contribution is 2.40. The number of guanidine groups is 1. The van der Waals surface area contributed by atoms with Crippen LogP contribution >= 0.6 is 23.3 Å². The molecule has 1 fully saturated rings. The highest BCUT2D eigenvalue weighted by Gasteiger charge is 2.55. The second-order valence-corrected chi connectivity index (χ2v) is 11.4. The number of aliphatic carboxylic acids is 1. The third-order valence-electron chi connectivity index (χ3n) is 6.63. The lowest BCUT2D eigenvalue weighted by molar-refractivity contribution is -0.689. The number of aromatic nitrogens is 4. The van der Waals surface area contributed by atoms with Crippen LogP contribution in [-0.4, -0.2) is 83.5 Å². The lowest BCUT2D eigenvalue weighted by atomic mass is 10.0. The molecule has 2 atom stereocenters. The Labute approximate surface area is 268 Å². The fourth-order valence-electron chi connectivity index (χ4n) is 4.59. The van der Waals surface area contributed by atoms with E-state index in [2.05, 4.69) is 35.1 Å². The zero-order chi connectivity index (χ0) is 33.0. The Morgan fingerprint density at radius 2 is 2.09 bits per heavy atom. The summed E-state index contributed by atoms with van der Waals surface area (Å²) in [5.74, 6) is -3.29. The van der Waals surface area contributed by atoms with Gasteiger partial charge in [-0.1, -0.05) is 5.16 Å². The summed E-state index contributed by atoms with van der Waals surface area (Å²) in [5, 5.41) is 26.7. The van der Waals surface area contributed by atoms with Gasteiger partial charge in [0.2, 0.25) is 23.7 Å². The van der Waals surface area contributed by atoms with Crippen molar-refractivity contribution in [3.63, 3.8) is 0 Å². The maximum Gasteiger partial charge on any atom is 0.352 e. The van der Waals surface area contributed by atoms with Crippen molar-refractivity contribution in [3.05, 3.63) is 59.6 Å². The highest BCUT2D eigenvalue weighted by atomic mass is 32.2. The Kier molecular flexibility index (Phi) is 9.24. The van der Waals surface area contributed by atoms with Crippen LogP contribution in [0.4, 0.5) is 5.13 Å². The van der Waals surface area contributed by atoms with E-state index in [1.54, 1.807) is 48.3 Å². The number of nitriles is 1. The van der Waals surface area contributed by atoms with E-state index < -0.39 is 35.1 Å². The molecule has 2 aliphatic heterocycles. The SMILES string of the molecule is CCON=C(C(=O)NC1C(=O)N2C(C(=O)O)=C(C[n+]3ccc(-c4c[nH]c(C(=O)NC(N)=NC#N)c4)cc3)CSC12)c1nsc(N)n1. The first kappa shape index (κ1) is 31.6. The van der Waals surface area contributed by atoms with Crippen LogP contribution in [0.3, 0.4) is 0 Å². The molecule has 0 radical (unpaired) electrons. The number of nitrogens with zero attached hydrogens (tertiary/aromatic N) is 7. The van der Waals surface area contributed by atoms with E-state index >= 15 is 0 Å². The van der Waals surface area contributed by atoms with Gasteiger partial charge in [0.25, 0.3) is 17.7 Å². The number of rotatable bonds is 10. The van der Waals surface area contributed by atoms with Crippen molar-refractivity contribution in [2.24, 2.45) is 15.9 Å². The Balaban J connectivity index is 1.27. The monoisotopic (exact) mass is 665 g/mol. The van der Waals surface area contributed by atoms with Crippen LogP contribution in [0.1, 0.15) is 23.2 Å². The first-order valence-electron chi connectivity index (χ1n) is 13.3. The molecule has 0 saturated carbocycles. The molecule has 8 N–H and O–H groups in total. The van der Waals surface area contributed by atoms with Gasteiger partial charge in [0, 0.05) is 46.8 Å². The predicted octanol–water partition coefficient (Wildman–Crippen LogP) is -0.892. The third kappa shape index (κ3) is 6.49. The summed E-state index contributed by atoms with van der Waals surface area (Å²) in [6.45, 7) is 2.03. The number of hydrogen-bond acceptors (Lipinski definition) is 13. The van der Waals surface area contributed by atoms with Crippen LogP contribution in [-0.2, 0) is 25.8 Å². The zero-order valence-electron chi connectivity index (χ0n) is 23.8. The third-order valence-corrected chi connectivity index (χ3v) is 8.51. The minimum Gasteiger partial charge on any atom is -0.477 e. The van der Waals surface area contributed by atoms with E-state index in [0.717, 1.165) is 17.1 Å². The molecule has 3 aromatic rings. The van der Waals surface area contributed by atoms with Gasteiger partial charge >= 0.3 is 5.97 Å². The number of aliphatic imine (C=N–C) groups is 1. The lowest BCUT2D eigenvalue weighted by Crippen LogP contribution is -2.71. The molecule has 0 bridgehead atoms. The fraction of sp³-hybridized carbons (Fsp3) is 0.231. The van der Waals surface area contributed by atoms with E-state index in [1.807, 2.05) is 0 Å². The summed E-state index contributed by atoms with van der Waals surface area (Å²) in [7, 11) is 0. The number of nitrogen functional groups attached to an aromatic ring is 1. The van der Waals surface area contributed by atoms with Gasteiger partial charge in [0.05, 0.1) is 0 Å². The van der Waals surface area contributed by atoms with Gasteiger partial charge in [0.1, 0.15) is 29.4 Å². The molecule has 3 amide bonds. The largest absolute Gasteiger partial charge is 0.477 e. The average molecular weight is 666 g/mol. The number of carboxylic acid groups (broad SMARTS) is 1. The minimum atomic E-state index is -1.27. The van der Waals surface area contributed by atoms with Crippen LogP contribution in [0.25, 0.3) is 11.1 Å². The maximum atomic E-state index is 13.2. The van der Waals surface area contributed by atoms with E-state index in [1.165, 1.54) is 22.9 Å². The van der Waals surface area contributed by atoms with Gasteiger partial charge < -0.3 is 31.7 Å². The predicted molar refractivity (Wildman–Crippen MR) is 163 cm³/mol. The number of anilines is 1. The van der Waals surface area contributed by atoms with Crippen molar-refractivity contribution in [1.29, 1.82) is 5.26 Å². The molecular weight excluding hydrogens is 640 g/mol. The van der Waals surface area contributed by atoms with Gasteiger partial charge in [-0.15, -0.1) is 16.8 Å². The second kappa shape index (κ2) is 13.4. The van der Waals surface area contributed by atoms with Crippen LogP contribution in [0.15, 0.2) is 58.2 Å². The van der Waals surface area contributed by atoms with Gasteiger partial charge in [-0.05, 0) is 18.6 Å². The number of thioether (sulfide) groups is 1. The molecule has 5 heterocycles. The molecule has 1 saturated heterocycles. The molecule has 5 rings (SSSR count). The molecule has 3 aromatic heterocycles. The summed E-state index contributed by atoms with van der Waals surface area (Å²) < 4.78 is 5.74. The van der Waals surface area contributed by atoms with E-state index in [0.29, 0.717) is 11.1 Å². The van der Waals surface area contributed by atoms with Crippen LogP contribution in [0, 0.1) is 11.5 Å². The van der Waals surface area contributed by atoms with Gasteiger partial charge in [-0.25, -0.2) is 9.36 Å². The highest BCUT2D eigenvalue weighted by molar-refractivity contribution is 8.00. The van der Waals surface area contributed by atoms with E-state index in [4.69, 9.17) is 21.6 Å². The number of hydrogen-bond donors (Lipinski definition) is 6. The van der Waals surface area contributed by atoms with Gasteiger partial charge in [-0.2, -0.15) is 14.6 Å². The summed E-state index contributed by atoms with van der Waals surface area (Å²) in [6.07, 6.45) is 6.58. The number of carbonyl (C=O) groups is 4. The number of amides is 3. The number of H-pyrrole nitrogens is 1. The molecule has 18 nitrogen and oxygen atoms in total. The molecule has 46 heavy (non-hydrogen) atoms. The number of carboxylic acids is 1. The summed E-state index contributed by atoms with van der Waals surface area (Å²) >= 11 is 2.18. The summed E-state index contributed by atoms with van der Waals surface area (Å²) in [5.41, 5.74) is 12.8. The normalized spacial score (nSPS) is 17.9. The number of pyridine rings is 1. The van der Waals surface area contributed by atoms with Crippen LogP contribution in [0.5, 0.6) is 0 Å².